The number of furan rings is 1. The molecule has 4 aromatic rings. The van der Waals surface area contributed by atoms with Crippen LogP contribution in [0.3, 0.4) is 0 Å². The van der Waals surface area contributed by atoms with Gasteiger partial charge < -0.3 is 14.1 Å². The molecule has 8 heteroatoms. The van der Waals surface area contributed by atoms with Crippen LogP contribution in [0.25, 0.3) is 21.9 Å². The molecule has 1 amide bonds. The zero-order valence-corrected chi connectivity index (χ0v) is 18.8. The van der Waals surface area contributed by atoms with Crippen LogP contribution in [0.1, 0.15) is 23.5 Å². The van der Waals surface area contributed by atoms with E-state index in [0.717, 1.165) is 14.5 Å². The SMILES string of the molecule is O=C1CC(c2ccc(OC(F)F)c3oc4ccccc4c23)CN1Cc1ccc(I)cc1F. The van der Waals surface area contributed by atoms with E-state index in [2.05, 4.69) is 4.74 Å². The predicted molar refractivity (Wildman–Crippen MR) is 122 cm³/mol. The summed E-state index contributed by atoms with van der Waals surface area (Å²) in [4.78, 5) is 14.4. The predicted octanol–water partition coefficient (Wildman–Crippen LogP) is 6.45. The first-order valence-corrected chi connectivity index (χ1v) is 11.1. The summed E-state index contributed by atoms with van der Waals surface area (Å²) in [6.45, 7) is -2.40. The summed E-state index contributed by atoms with van der Waals surface area (Å²) in [5.74, 6) is -0.651. The smallest absolute Gasteiger partial charge is 0.387 e. The molecule has 0 N–H and O–H groups in total. The molecule has 1 atom stereocenters. The molecule has 1 unspecified atom stereocenters. The Morgan fingerprint density at radius 1 is 1.16 bits per heavy atom. The lowest BCUT2D eigenvalue weighted by atomic mass is 9.93. The fourth-order valence-electron chi connectivity index (χ4n) is 4.35. The number of alkyl halides is 2. The molecule has 164 valence electrons. The molecule has 32 heavy (non-hydrogen) atoms. The monoisotopic (exact) mass is 551 g/mol. The van der Waals surface area contributed by atoms with E-state index >= 15 is 0 Å². The van der Waals surface area contributed by atoms with Gasteiger partial charge in [0.2, 0.25) is 5.91 Å². The molecule has 1 aromatic heterocycles. The van der Waals surface area contributed by atoms with Gasteiger partial charge in [-0.3, -0.25) is 4.79 Å². The molecule has 1 fully saturated rings. The molecule has 0 radical (unpaired) electrons. The molecule has 1 saturated heterocycles. The molecule has 5 rings (SSSR count). The molecule has 0 bridgehead atoms. The minimum Gasteiger partial charge on any atom is -0.452 e. The number of fused-ring (bicyclic) bond motifs is 3. The molecular formula is C24H17F3INO3. The number of benzene rings is 3. The van der Waals surface area contributed by atoms with E-state index in [1.54, 1.807) is 35.2 Å². The van der Waals surface area contributed by atoms with Crippen LogP contribution in [-0.4, -0.2) is 24.0 Å². The summed E-state index contributed by atoms with van der Waals surface area (Å²) < 4.78 is 51.5. The molecule has 3 aromatic carbocycles. The summed E-state index contributed by atoms with van der Waals surface area (Å²) in [6, 6.07) is 15.4. The Morgan fingerprint density at radius 2 is 1.97 bits per heavy atom. The van der Waals surface area contributed by atoms with Gasteiger partial charge in [-0.1, -0.05) is 30.3 Å². The van der Waals surface area contributed by atoms with Crippen LogP contribution in [0.5, 0.6) is 5.75 Å². The lowest BCUT2D eigenvalue weighted by Gasteiger charge is -2.18. The molecule has 4 nitrogen and oxygen atoms in total. The van der Waals surface area contributed by atoms with E-state index in [1.807, 2.05) is 34.7 Å². The fraction of sp³-hybridized carbons (Fsp3) is 0.208. The Kier molecular flexibility index (Phi) is 5.48. The molecule has 0 aliphatic carbocycles. The van der Waals surface area contributed by atoms with E-state index in [1.165, 1.54) is 12.1 Å². The van der Waals surface area contributed by atoms with Crippen LogP contribution in [-0.2, 0) is 11.3 Å². The normalized spacial score (nSPS) is 16.6. The maximum Gasteiger partial charge on any atom is 0.387 e. The Balaban J connectivity index is 1.53. The molecule has 1 aliphatic heterocycles. The number of hydrogen-bond acceptors (Lipinski definition) is 3. The zero-order valence-electron chi connectivity index (χ0n) is 16.7. The number of amides is 1. The molecule has 1 aliphatic rings. The highest BCUT2D eigenvalue weighted by atomic mass is 127. The molecule has 0 saturated carbocycles. The fourth-order valence-corrected chi connectivity index (χ4v) is 4.80. The van der Waals surface area contributed by atoms with Crippen molar-refractivity contribution in [2.75, 3.05) is 6.54 Å². The van der Waals surface area contributed by atoms with E-state index in [-0.39, 0.29) is 41.9 Å². The number of hydrogen-bond donors (Lipinski definition) is 0. The van der Waals surface area contributed by atoms with Crippen LogP contribution in [0.2, 0.25) is 0 Å². The third-order valence-electron chi connectivity index (χ3n) is 5.77. The topological polar surface area (TPSA) is 42.7 Å². The third-order valence-corrected chi connectivity index (χ3v) is 6.44. The summed E-state index contributed by atoms with van der Waals surface area (Å²) in [7, 11) is 0. The van der Waals surface area contributed by atoms with Crippen molar-refractivity contribution in [1.82, 2.24) is 4.90 Å². The highest BCUT2D eigenvalue weighted by Gasteiger charge is 2.33. The lowest BCUT2D eigenvalue weighted by Crippen LogP contribution is -2.25. The van der Waals surface area contributed by atoms with Gasteiger partial charge in [-0.05, 0) is 52.4 Å². The number of rotatable bonds is 5. The minimum atomic E-state index is -2.98. The van der Waals surface area contributed by atoms with Crippen molar-refractivity contribution < 1.29 is 27.1 Å². The van der Waals surface area contributed by atoms with Crippen LogP contribution in [0.15, 0.2) is 59.0 Å². The van der Waals surface area contributed by atoms with Gasteiger partial charge in [0.15, 0.2) is 11.3 Å². The average molecular weight is 551 g/mol. The van der Waals surface area contributed by atoms with Crippen molar-refractivity contribution in [1.29, 1.82) is 0 Å². The Hall–Kier alpha value is -2.75. The van der Waals surface area contributed by atoms with Crippen molar-refractivity contribution >= 4 is 50.4 Å². The van der Waals surface area contributed by atoms with Gasteiger partial charge in [-0.2, -0.15) is 8.78 Å². The average Bonchev–Trinajstić information content (AvgIpc) is 3.31. The van der Waals surface area contributed by atoms with Gasteiger partial charge in [0.25, 0.3) is 0 Å². The minimum absolute atomic E-state index is 0.0444. The van der Waals surface area contributed by atoms with Crippen LogP contribution in [0.4, 0.5) is 13.2 Å². The Morgan fingerprint density at radius 3 is 2.75 bits per heavy atom. The second-order valence-corrected chi connectivity index (χ2v) is 8.99. The van der Waals surface area contributed by atoms with Crippen molar-refractivity contribution in [3.63, 3.8) is 0 Å². The van der Waals surface area contributed by atoms with Gasteiger partial charge in [0, 0.05) is 45.3 Å². The largest absolute Gasteiger partial charge is 0.452 e. The Labute approximate surface area is 195 Å². The molecular weight excluding hydrogens is 534 g/mol. The van der Waals surface area contributed by atoms with Crippen LogP contribution >= 0.6 is 22.6 Å². The van der Waals surface area contributed by atoms with Gasteiger partial charge in [0.05, 0.1) is 0 Å². The van der Waals surface area contributed by atoms with Crippen molar-refractivity contribution in [2.45, 2.75) is 25.5 Å². The summed E-state index contributed by atoms with van der Waals surface area (Å²) in [5, 5.41) is 1.44. The summed E-state index contributed by atoms with van der Waals surface area (Å²) in [6.07, 6.45) is 0.246. The van der Waals surface area contributed by atoms with E-state index < -0.39 is 6.61 Å². The number of para-hydroxylation sites is 1. The second-order valence-electron chi connectivity index (χ2n) is 7.74. The van der Waals surface area contributed by atoms with Gasteiger partial charge in [-0.15, -0.1) is 0 Å². The highest BCUT2D eigenvalue weighted by Crippen LogP contribution is 2.42. The van der Waals surface area contributed by atoms with E-state index in [4.69, 9.17) is 4.42 Å². The van der Waals surface area contributed by atoms with Crippen LogP contribution < -0.4 is 4.74 Å². The Bertz CT molecular complexity index is 1340. The maximum atomic E-state index is 14.3. The number of carbonyl (C=O) groups excluding carboxylic acids is 1. The number of ether oxygens (including phenoxy) is 1. The zero-order chi connectivity index (χ0) is 22.4. The summed E-state index contributed by atoms with van der Waals surface area (Å²) >= 11 is 2.04. The van der Waals surface area contributed by atoms with Crippen molar-refractivity contribution in [3.8, 4) is 5.75 Å². The number of halogens is 4. The molecule has 0 spiro atoms. The van der Waals surface area contributed by atoms with Gasteiger partial charge in [0.1, 0.15) is 11.4 Å². The standard InChI is InChI=1S/C24H17F3INO3/c25-18-10-15(28)6-5-13(18)11-29-12-14(9-21(29)30)16-7-8-20(32-24(26)27)23-22(16)17-3-1-2-4-19(17)31-23/h1-8,10,14,24H,9,11-12H2. The maximum absolute atomic E-state index is 14.3. The van der Waals surface area contributed by atoms with Crippen LogP contribution in [0, 0.1) is 9.39 Å². The highest BCUT2D eigenvalue weighted by molar-refractivity contribution is 14.1. The third kappa shape index (κ3) is 3.80. The van der Waals surface area contributed by atoms with Crippen molar-refractivity contribution in [3.05, 3.63) is 75.1 Å². The van der Waals surface area contributed by atoms with Gasteiger partial charge in [-0.25, -0.2) is 4.39 Å². The number of nitrogens with zero attached hydrogens (tertiary/aromatic N) is 1. The van der Waals surface area contributed by atoms with E-state index in [0.29, 0.717) is 23.1 Å². The quantitative estimate of drug-likeness (QED) is 0.268. The first-order valence-electron chi connectivity index (χ1n) is 10.0. The lowest BCUT2D eigenvalue weighted by molar-refractivity contribution is -0.128. The first kappa shape index (κ1) is 21.1. The van der Waals surface area contributed by atoms with E-state index in [9.17, 15) is 18.0 Å². The number of carbonyl (C=O) groups is 1. The summed E-state index contributed by atoms with van der Waals surface area (Å²) in [5.41, 5.74) is 2.07. The second kappa shape index (κ2) is 8.31. The van der Waals surface area contributed by atoms with Gasteiger partial charge >= 0.3 is 6.61 Å². The first-order chi connectivity index (χ1) is 15.4. The van der Waals surface area contributed by atoms with Crippen molar-refractivity contribution in [2.24, 2.45) is 0 Å². The number of likely N-dealkylation sites (tertiary alicyclic amines) is 1. The molecule has 2 heterocycles.